The highest BCUT2D eigenvalue weighted by Crippen LogP contribution is 2.31. The third kappa shape index (κ3) is 4.06. The number of carbonyl (C=O) groups excluding carboxylic acids is 1. The summed E-state index contributed by atoms with van der Waals surface area (Å²) < 4.78 is 10.3. The first-order valence-corrected chi connectivity index (χ1v) is 8.48. The summed E-state index contributed by atoms with van der Waals surface area (Å²) >= 11 is 11.4. The quantitative estimate of drug-likeness (QED) is 0.473. The molecule has 2 rings (SSSR count). The minimum absolute atomic E-state index is 0.204. The Kier molecular flexibility index (Phi) is 6.60. The molecule has 0 unspecified atom stereocenters. The zero-order valence-corrected chi connectivity index (χ0v) is 15.5. The van der Waals surface area contributed by atoms with E-state index in [2.05, 4.69) is 5.32 Å². The number of hydrogen-bond acceptors (Lipinski definition) is 4. The summed E-state index contributed by atoms with van der Waals surface area (Å²) in [6.45, 7) is 5.09. The lowest BCUT2D eigenvalue weighted by Gasteiger charge is -2.37. The molecule has 0 saturated heterocycles. The van der Waals surface area contributed by atoms with Gasteiger partial charge in [0, 0.05) is 24.4 Å². The van der Waals surface area contributed by atoms with Crippen LogP contribution in [-0.4, -0.2) is 42.8 Å². The number of rotatable bonds is 6. The average Bonchev–Trinajstić information content (AvgIpc) is 2.55. The lowest BCUT2D eigenvalue weighted by atomic mass is 9.95. The topological polar surface area (TPSA) is 50.8 Å². The van der Waals surface area contributed by atoms with E-state index in [0.717, 1.165) is 11.3 Å². The van der Waals surface area contributed by atoms with Gasteiger partial charge in [-0.1, -0.05) is 23.7 Å². The molecule has 1 aliphatic rings. The summed E-state index contributed by atoms with van der Waals surface area (Å²) in [5, 5.41) is 4.45. The summed E-state index contributed by atoms with van der Waals surface area (Å²) in [6, 6.07) is 6.96. The predicted molar refractivity (Wildman–Crippen MR) is 97.8 cm³/mol. The first-order valence-electron chi connectivity index (χ1n) is 7.69. The molecule has 1 atom stereocenters. The molecule has 1 N–H and O–H groups in total. The lowest BCUT2D eigenvalue weighted by molar-refractivity contribution is -0.140. The van der Waals surface area contributed by atoms with Crippen LogP contribution in [-0.2, 0) is 14.3 Å². The lowest BCUT2D eigenvalue weighted by Crippen LogP contribution is -2.47. The van der Waals surface area contributed by atoms with Crippen LogP contribution in [0.5, 0.6) is 0 Å². The maximum absolute atomic E-state index is 12.6. The fraction of sp³-hybridized carbons (Fsp3) is 0.412. The summed E-state index contributed by atoms with van der Waals surface area (Å²) in [4.78, 5) is 14.5. The Labute approximate surface area is 152 Å². The zero-order valence-electron chi connectivity index (χ0n) is 14.0. The van der Waals surface area contributed by atoms with E-state index in [1.807, 2.05) is 30.9 Å². The predicted octanol–water partition coefficient (Wildman–Crippen LogP) is 3.05. The Morgan fingerprint density at radius 2 is 2.00 bits per heavy atom. The summed E-state index contributed by atoms with van der Waals surface area (Å²) in [5.41, 5.74) is 2.24. The van der Waals surface area contributed by atoms with Crippen molar-refractivity contribution in [1.82, 2.24) is 10.2 Å². The van der Waals surface area contributed by atoms with Crippen LogP contribution in [0.3, 0.4) is 0 Å². The summed E-state index contributed by atoms with van der Waals surface area (Å²) in [5.74, 6) is -0.377. The number of methoxy groups -OCH3 is 1. The number of allylic oxidation sites excluding steroid dienone is 1. The van der Waals surface area contributed by atoms with Gasteiger partial charge in [-0.25, -0.2) is 4.79 Å². The minimum atomic E-state index is -0.377. The van der Waals surface area contributed by atoms with Crippen LogP contribution in [0.1, 0.15) is 25.5 Å². The number of carbonyl (C=O) groups is 1. The highest BCUT2D eigenvalue weighted by atomic mass is 35.5. The average molecular weight is 369 g/mol. The molecule has 0 amide bonds. The van der Waals surface area contributed by atoms with Gasteiger partial charge in [0.05, 0.1) is 18.2 Å². The van der Waals surface area contributed by atoms with Gasteiger partial charge in [0.1, 0.15) is 6.61 Å². The van der Waals surface area contributed by atoms with E-state index in [0.29, 0.717) is 28.9 Å². The van der Waals surface area contributed by atoms with Gasteiger partial charge in [0.15, 0.2) is 5.11 Å². The number of nitrogens with one attached hydrogen (secondary N) is 1. The van der Waals surface area contributed by atoms with Crippen molar-refractivity contribution in [2.75, 3.05) is 26.9 Å². The van der Waals surface area contributed by atoms with Crippen molar-refractivity contribution in [3.63, 3.8) is 0 Å². The molecule has 1 aromatic carbocycles. The van der Waals surface area contributed by atoms with E-state index < -0.39 is 0 Å². The smallest absolute Gasteiger partial charge is 0.338 e. The van der Waals surface area contributed by atoms with Gasteiger partial charge in [-0.05, 0) is 43.8 Å². The molecule has 0 aromatic heterocycles. The Bertz CT molecular complexity index is 646. The standard InChI is InChI=1S/C17H21ClN2O3S/c1-4-20-11(2)14(16(21)23-10-9-22-3)15(19-17(20)24)12-5-7-13(18)8-6-12/h5-8,15H,4,9-10H2,1-3H3,(H,19,24)/t15-/m1/s1. The first-order chi connectivity index (χ1) is 11.5. The zero-order chi connectivity index (χ0) is 17.7. The number of esters is 1. The summed E-state index contributed by atoms with van der Waals surface area (Å²) in [6.07, 6.45) is 0. The van der Waals surface area contributed by atoms with Gasteiger partial charge < -0.3 is 19.7 Å². The Morgan fingerprint density at radius 3 is 2.58 bits per heavy atom. The molecule has 0 spiro atoms. The fourth-order valence-electron chi connectivity index (χ4n) is 2.63. The van der Waals surface area contributed by atoms with Crippen molar-refractivity contribution in [3.05, 3.63) is 46.1 Å². The first kappa shape index (κ1) is 18.7. The third-order valence-corrected chi connectivity index (χ3v) is 4.45. The molecule has 0 bridgehead atoms. The summed E-state index contributed by atoms with van der Waals surface area (Å²) in [7, 11) is 1.56. The molecule has 24 heavy (non-hydrogen) atoms. The second-order valence-corrected chi connectivity index (χ2v) is 6.13. The number of thiocarbonyl (C=S) groups is 1. The van der Waals surface area contributed by atoms with E-state index in [1.54, 1.807) is 19.2 Å². The van der Waals surface area contributed by atoms with Crippen molar-refractivity contribution in [3.8, 4) is 0 Å². The van der Waals surface area contributed by atoms with Crippen LogP contribution in [0.25, 0.3) is 0 Å². The van der Waals surface area contributed by atoms with E-state index in [9.17, 15) is 4.79 Å². The minimum Gasteiger partial charge on any atom is -0.460 e. The van der Waals surface area contributed by atoms with Gasteiger partial charge in [0.25, 0.3) is 0 Å². The van der Waals surface area contributed by atoms with E-state index in [1.165, 1.54) is 0 Å². The van der Waals surface area contributed by atoms with Crippen molar-refractivity contribution in [1.29, 1.82) is 0 Å². The molecule has 130 valence electrons. The van der Waals surface area contributed by atoms with Crippen LogP contribution in [0.15, 0.2) is 35.5 Å². The number of nitrogens with zero attached hydrogens (tertiary/aromatic N) is 1. The van der Waals surface area contributed by atoms with Crippen LogP contribution in [0.4, 0.5) is 0 Å². The normalized spacial score (nSPS) is 17.8. The SMILES string of the molecule is CCN1C(=S)N[C@H](c2ccc(Cl)cc2)C(C(=O)OCCOC)=C1C. The molecular weight excluding hydrogens is 348 g/mol. The Balaban J connectivity index is 2.39. The largest absolute Gasteiger partial charge is 0.460 e. The van der Waals surface area contributed by atoms with E-state index in [4.69, 9.17) is 33.3 Å². The van der Waals surface area contributed by atoms with Crippen molar-refractivity contribution < 1.29 is 14.3 Å². The Morgan fingerprint density at radius 1 is 1.33 bits per heavy atom. The van der Waals surface area contributed by atoms with Crippen molar-refractivity contribution >= 4 is 34.9 Å². The number of halogens is 1. The van der Waals surface area contributed by atoms with Crippen LogP contribution in [0.2, 0.25) is 5.02 Å². The van der Waals surface area contributed by atoms with E-state index in [-0.39, 0.29) is 18.6 Å². The highest BCUT2D eigenvalue weighted by Gasteiger charge is 2.34. The molecule has 1 aliphatic heterocycles. The van der Waals surface area contributed by atoms with E-state index >= 15 is 0 Å². The molecule has 1 heterocycles. The molecule has 0 aliphatic carbocycles. The van der Waals surface area contributed by atoms with Gasteiger partial charge in [-0.2, -0.15) is 0 Å². The Hall–Kier alpha value is -1.63. The third-order valence-electron chi connectivity index (χ3n) is 3.86. The second kappa shape index (κ2) is 8.46. The second-order valence-electron chi connectivity index (χ2n) is 5.31. The molecule has 5 nitrogen and oxygen atoms in total. The van der Waals surface area contributed by atoms with Crippen LogP contribution >= 0.6 is 23.8 Å². The molecule has 0 saturated carbocycles. The van der Waals surface area contributed by atoms with Gasteiger partial charge >= 0.3 is 5.97 Å². The maximum Gasteiger partial charge on any atom is 0.338 e. The molecule has 7 heteroatoms. The molecule has 0 radical (unpaired) electrons. The molecule has 1 aromatic rings. The number of benzene rings is 1. The van der Waals surface area contributed by atoms with Crippen LogP contribution in [0, 0.1) is 0 Å². The van der Waals surface area contributed by atoms with Gasteiger partial charge in [0.2, 0.25) is 0 Å². The molecule has 0 fully saturated rings. The fourth-order valence-corrected chi connectivity index (χ4v) is 3.14. The monoisotopic (exact) mass is 368 g/mol. The van der Waals surface area contributed by atoms with Crippen molar-refractivity contribution in [2.45, 2.75) is 19.9 Å². The highest BCUT2D eigenvalue weighted by molar-refractivity contribution is 7.80. The number of hydrogen-bond donors (Lipinski definition) is 1. The van der Waals surface area contributed by atoms with Gasteiger partial charge in [-0.3, -0.25) is 0 Å². The van der Waals surface area contributed by atoms with Crippen LogP contribution < -0.4 is 5.32 Å². The van der Waals surface area contributed by atoms with Crippen molar-refractivity contribution in [2.24, 2.45) is 0 Å². The molecular formula is C17H21ClN2O3S. The van der Waals surface area contributed by atoms with Gasteiger partial charge in [-0.15, -0.1) is 0 Å². The number of ether oxygens (including phenoxy) is 2. The maximum atomic E-state index is 12.6.